The van der Waals surface area contributed by atoms with Crippen molar-refractivity contribution in [3.63, 3.8) is 0 Å². The van der Waals surface area contributed by atoms with Crippen LogP contribution in [0.25, 0.3) is 10.1 Å². The summed E-state index contributed by atoms with van der Waals surface area (Å²) in [6.07, 6.45) is -4.34. The summed E-state index contributed by atoms with van der Waals surface area (Å²) in [6.45, 7) is -0.0196. The van der Waals surface area contributed by atoms with Gasteiger partial charge in [-0.3, -0.25) is 0 Å². The van der Waals surface area contributed by atoms with Crippen molar-refractivity contribution in [2.24, 2.45) is 0 Å². The maximum atomic E-state index is 12.6. The largest absolute Gasteiger partial charge is 0.488 e. The number of aliphatic hydroxyl groups is 1. The van der Waals surface area contributed by atoms with Gasteiger partial charge in [0.25, 0.3) is 0 Å². The molecule has 0 radical (unpaired) electrons. The molecule has 6 heteroatoms. The van der Waals surface area contributed by atoms with E-state index in [1.807, 2.05) is 17.5 Å². The molecule has 120 valence electrons. The van der Waals surface area contributed by atoms with Crippen LogP contribution in [0, 0.1) is 0 Å². The molecule has 0 bridgehead atoms. The lowest BCUT2D eigenvalue weighted by Crippen LogP contribution is -2.05. The first-order valence-electron chi connectivity index (χ1n) is 6.88. The van der Waals surface area contributed by atoms with Crippen molar-refractivity contribution in [2.45, 2.75) is 19.4 Å². The van der Waals surface area contributed by atoms with Gasteiger partial charge in [-0.25, -0.2) is 0 Å². The quantitative estimate of drug-likeness (QED) is 0.726. The smallest absolute Gasteiger partial charge is 0.416 e. The van der Waals surface area contributed by atoms with Crippen LogP contribution in [0.4, 0.5) is 13.2 Å². The van der Waals surface area contributed by atoms with E-state index < -0.39 is 11.7 Å². The minimum atomic E-state index is -4.34. The van der Waals surface area contributed by atoms with E-state index in [9.17, 15) is 18.3 Å². The first kappa shape index (κ1) is 15.8. The lowest BCUT2D eigenvalue weighted by molar-refractivity contribution is -0.137. The predicted molar refractivity (Wildman–Crippen MR) is 83.5 cm³/mol. The SMILES string of the molecule is OCc1ccc2sccc2c1OCc1ccc(C(F)(F)F)cc1. The van der Waals surface area contributed by atoms with Crippen LogP contribution in [0.3, 0.4) is 0 Å². The maximum absolute atomic E-state index is 12.6. The van der Waals surface area contributed by atoms with Crippen molar-refractivity contribution >= 4 is 21.4 Å². The van der Waals surface area contributed by atoms with Crippen LogP contribution in [0.1, 0.15) is 16.7 Å². The molecule has 0 spiro atoms. The Bertz CT molecular complexity index is 807. The fourth-order valence-electron chi connectivity index (χ4n) is 2.30. The number of alkyl halides is 3. The number of thiophene rings is 1. The summed E-state index contributed by atoms with van der Waals surface area (Å²) in [5.41, 5.74) is 0.606. The van der Waals surface area contributed by atoms with Gasteiger partial charge in [-0.2, -0.15) is 13.2 Å². The second kappa shape index (κ2) is 6.22. The molecule has 0 aliphatic rings. The van der Waals surface area contributed by atoms with Crippen molar-refractivity contribution in [3.8, 4) is 5.75 Å². The number of fused-ring (bicyclic) bond motifs is 1. The Labute approximate surface area is 134 Å². The fraction of sp³-hybridized carbons (Fsp3) is 0.176. The van der Waals surface area contributed by atoms with Gasteiger partial charge in [-0.15, -0.1) is 11.3 Å². The highest BCUT2D eigenvalue weighted by atomic mass is 32.1. The molecule has 0 amide bonds. The highest BCUT2D eigenvalue weighted by Gasteiger charge is 2.29. The predicted octanol–water partition coefficient (Wildman–Crippen LogP) is 4.99. The summed E-state index contributed by atoms with van der Waals surface area (Å²) in [5.74, 6) is 0.575. The molecule has 1 N–H and O–H groups in total. The van der Waals surface area contributed by atoms with E-state index in [0.717, 1.165) is 22.2 Å². The summed E-state index contributed by atoms with van der Waals surface area (Å²) in [5, 5.41) is 12.3. The number of benzene rings is 2. The highest BCUT2D eigenvalue weighted by molar-refractivity contribution is 7.17. The fourth-order valence-corrected chi connectivity index (χ4v) is 3.09. The standard InChI is InChI=1S/C17H13F3O2S/c18-17(19,20)13-4-1-11(2-5-13)10-22-16-12(9-21)3-6-15-14(16)7-8-23-15/h1-8,21H,9-10H2. The van der Waals surface area contributed by atoms with E-state index in [4.69, 9.17) is 4.74 Å². The Morgan fingerprint density at radius 3 is 2.39 bits per heavy atom. The van der Waals surface area contributed by atoms with Gasteiger partial charge >= 0.3 is 6.18 Å². The Morgan fingerprint density at radius 1 is 1.00 bits per heavy atom. The lowest BCUT2D eigenvalue weighted by atomic mass is 10.1. The summed E-state index contributed by atoms with van der Waals surface area (Å²) in [7, 11) is 0. The molecule has 1 heterocycles. The molecule has 3 aromatic rings. The molecule has 2 aromatic carbocycles. The van der Waals surface area contributed by atoms with Crippen molar-refractivity contribution in [2.75, 3.05) is 0 Å². The van der Waals surface area contributed by atoms with Crippen molar-refractivity contribution < 1.29 is 23.0 Å². The van der Waals surface area contributed by atoms with E-state index in [1.54, 1.807) is 17.4 Å². The van der Waals surface area contributed by atoms with Gasteiger partial charge < -0.3 is 9.84 Å². The molecule has 0 saturated carbocycles. The van der Waals surface area contributed by atoms with Crippen LogP contribution >= 0.6 is 11.3 Å². The molecule has 2 nitrogen and oxygen atoms in total. The van der Waals surface area contributed by atoms with Crippen molar-refractivity contribution in [1.29, 1.82) is 0 Å². The van der Waals surface area contributed by atoms with Crippen LogP contribution in [0.5, 0.6) is 5.75 Å². The Hall–Kier alpha value is -2.05. The molecule has 0 fully saturated rings. The Kier molecular flexibility index (Phi) is 4.28. The molecular formula is C17H13F3O2S. The minimum Gasteiger partial charge on any atom is -0.488 e. The van der Waals surface area contributed by atoms with E-state index in [2.05, 4.69) is 0 Å². The average molecular weight is 338 g/mol. The molecule has 3 rings (SSSR count). The van der Waals surface area contributed by atoms with Crippen LogP contribution < -0.4 is 4.74 Å². The third kappa shape index (κ3) is 3.33. The van der Waals surface area contributed by atoms with E-state index in [1.165, 1.54) is 12.1 Å². The van der Waals surface area contributed by atoms with Gasteiger partial charge in [-0.05, 0) is 35.2 Å². The average Bonchev–Trinajstić information content (AvgIpc) is 3.00. The van der Waals surface area contributed by atoms with Crippen molar-refractivity contribution in [3.05, 3.63) is 64.5 Å². The van der Waals surface area contributed by atoms with Gasteiger partial charge in [0, 0.05) is 15.6 Å². The third-order valence-electron chi connectivity index (χ3n) is 3.50. The highest BCUT2D eigenvalue weighted by Crippen LogP contribution is 2.34. The van der Waals surface area contributed by atoms with Crippen LogP contribution in [0.15, 0.2) is 47.8 Å². The molecule has 0 unspecified atom stereocenters. The molecule has 0 aliphatic heterocycles. The van der Waals surface area contributed by atoms with E-state index in [0.29, 0.717) is 16.9 Å². The van der Waals surface area contributed by atoms with Gasteiger partial charge in [0.1, 0.15) is 12.4 Å². The van der Waals surface area contributed by atoms with E-state index in [-0.39, 0.29) is 13.2 Å². The van der Waals surface area contributed by atoms with Crippen LogP contribution in [0.2, 0.25) is 0 Å². The van der Waals surface area contributed by atoms with Crippen LogP contribution in [-0.2, 0) is 19.4 Å². The normalized spacial score (nSPS) is 11.8. The van der Waals surface area contributed by atoms with E-state index >= 15 is 0 Å². The molecule has 0 saturated heterocycles. The number of ether oxygens (including phenoxy) is 1. The zero-order valence-corrected chi connectivity index (χ0v) is 12.7. The Balaban J connectivity index is 1.82. The lowest BCUT2D eigenvalue weighted by Gasteiger charge is -2.12. The van der Waals surface area contributed by atoms with Crippen LogP contribution in [-0.4, -0.2) is 5.11 Å². The summed E-state index contributed by atoms with van der Waals surface area (Å²) in [6, 6.07) is 10.5. The minimum absolute atomic E-state index is 0.139. The monoisotopic (exact) mass is 338 g/mol. The maximum Gasteiger partial charge on any atom is 0.416 e. The number of hydrogen-bond acceptors (Lipinski definition) is 3. The molecule has 23 heavy (non-hydrogen) atoms. The third-order valence-corrected chi connectivity index (χ3v) is 4.38. The first-order valence-corrected chi connectivity index (χ1v) is 7.76. The number of aliphatic hydroxyl groups excluding tert-OH is 1. The molecule has 1 aromatic heterocycles. The van der Waals surface area contributed by atoms with Gasteiger partial charge in [0.05, 0.1) is 12.2 Å². The van der Waals surface area contributed by atoms with Gasteiger partial charge in [0.2, 0.25) is 0 Å². The zero-order valence-electron chi connectivity index (χ0n) is 11.9. The van der Waals surface area contributed by atoms with Gasteiger partial charge in [0.15, 0.2) is 0 Å². The topological polar surface area (TPSA) is 29.5 Å². The molecular weight excluding hydrogens is 325 g/mol. The summed E-state index contributed by atoms with van der Waals surface area (Å²) < 4.78 is 44.5. The Morgan fingerprint density at radius 2 is 1.74 bits per heavy atom. The second-order valence-electron chi connectivity index (χ2n) is 5.03. The summed E-state index contributed by atoms with van der Waals surface area (Å²) >= 11 is 1.56. The number of rotatable bonds is 4. The van der Waals surface area contributed by atoms with Gasteiger partial charge in [-0.1, -0.05) is 18.2 Å². The molecule has 0 aliphatic carbocycles. The first-order chi connectivity index (χ1) is 11.0. The molecule has 0 atom stereocenters. The second-order valence-corrected chi connectivity index (χ2v) is 5.98. The summed E-state index contributed by atoms with van der Waals surface area (Å²) in [4.78, 5) is 0. The number of halogens is 3. The van der Waals surface area contributed by atoms with Crippen molar-refractivity contribution in [1.82, 2.24) is 0 Å². The zero-order chi connectivity index (χ0) is 16.4. The number of hydrogen-bond donors (Lipinski definition) is 1.